The Balaban J connectivity index is 2.08. The highest BCUT2D eigenvalue weighted by molar-refractivity contribution is 7.89. The molecule has 0 amide bonds. The maximum Gasteiger partial charge on any atom is 0.240 e. The van der Waals surface area contributed by atoms with Crippen molar-refractivity contribution in [1.29, 1.82) is 0 Å². The van der Waals surface area contributed by atoms with E-state index in [1.807, 2.05) is 6.92 Å². The summed E-state index contributed by atoms with van der Waals surface area (Å²) in [5, 5.41) is 9.01. The van der Waals surface area contributed by atoms with Crippen LogP contribution in [0.3, 0.4) is 0 Å². The van der Waals surface area contributed by atoms with Crippen molar-refractivity contribution >= 4 is 10.0 Å². The van der Waals surface area contributed by atoms with Crippen molar-refractivity contribution < 1.29 is 22.7 Å². The summed E-state index contributed by atoms with van der Waals surface area (Å²) in [6.45, 7) is 2.41. The van der Waals surface area contributed by atoms with Crippen LogP contribution in [0.15, 0.2) is 23.1 Å². The van der Waals surface area contributed by atoms with Gasteiger partial charge in [0, 0.05) is 24.6 Å². The van der Waals surface area contributed by atoms with Crippen LogP contribution in [0.1, 0.15) is 25.3 Å². The lowest BCUT2D eigenvalue weighted by Crippen LogP contribution is -2.32. The normalized spacial score (nSPS) is 22.6. The van der Waals surface area contributed by atoms with Crippen molar-refractivity contribution in [2.24, 2.45) is 5.92 Å². The van der Waals surface area contributed by atoms with Crippen molar-refractivity contribution in [3.05, 3.63) is 29.6 Å². The van der Waals surface area contributed by atoms with Crippen molar-refractivity contribution in [1.82, 2.24) is 4.72 Å². The van der Waals surface area contributed by atoms with Crippen molar-refractivity contribution in [2.75, 3.05) is 13.2 Å². The van der Waals surface area contributed by atoms with E-state index in [9.17, 15) is 12.8 Å². The summed E-state index contributed by atoms with van der Waals surface area (Å²) in [5.74, 6) is -0.464. The van der Waals surface area contributed by atoms with Crippen molar-refractivity contribution in [3.63, 3.8) is 0 Å². The molecule has 1 aromatic rings. The molecule has 0 aromatic heterocycles. The first-order chi connectivity index (χ1) is 9.97. The molecule has 0 radical (unpaired) electrons. The molecule has 5 nitrogen and oxygen atoms in total. The average molecular weight is 317 g/mol. The Labute approximate surface area is 124 Å². The van der Waals surface area contributed by atoms with Crippen LogP contribution in [0.25, 0.3) is 0 Å². The minimum atomic E-state index is -3.71. The summed E-state index contributed by atoms with van der Waals surface area (Å²) in [6, 6.07) is 3.40. The molecule has 0 spiro atoms. The van der Waals surface area contributed by atoms with Crippen LogP contribution in [0, 0.1) is 11.7 Å². The predicted octanol–water partition coefficient (Wildman–Crippen LogP) is 1.41. The highest BCUT2D eigenvalue weighted by Gasteiger charge is 2.28. The van der Waals surface area contributed by atoms with Gasteiger partial charge in [0.05, 0.1) is 17.6 Å². The van der Waals surface area contributed by atoms with Crippen LogP contribution in [0.5, 0.6) is 0 Å². The van der Waals surface area contributed by atoms with Gasteiger partial charge in [0.2, 0.25) is 10.0 Å². The second-order valence-corrected chi connectivity index (χ2v) is 6.90. The van der Waals surface area contributed by atoms with Crippen LogP contribution >= 0.6 is 0 Å². The number of aliphatic hydroxyl groups is 1. The number of hydrogen-bond acceptors (Lipinski definition) is 4. The molecule has 118 valence electrons. The highest BCUT2D eigenvalue weighted by atomic mass is 32.2. The number of aliphatic hydroxyl groups excluding tert-OH is 1. The SMILES string of the molecule is CCC1OCCC1CNS(=O)(=O)c1ccc(F)c(CO)c1. The van der Waals surface area contributed by atoms with Gasteiger partial charge in [-0.1, -0.05) is 6.92 Å². The Hall–Kier alpha value is -1.02. The lowest BCUT2D eigenvalue weighted by molar-refractivity contribution is 0.0884. The molecule has 7 heteroatoms. The molecule has 1 aromatic carbocycles. The van der Waals surface area contributed by atoms with Gasteiger partial charge in [-0.25, -0.2) is 17.5 Å². The largest absolute Gasteiger partial charge is 0.392 e. The van der Waals surface area contributed by atoms with E-state index in [1.165, 1.54) is 6.07 Å². The molecule has 1 aliphatic rings. The van der Waals surface area contributed by atoms with E-state index in [4.69, 9.17) is 9.84 Å². The summed E-state index contributed by atoms with van der Waals surface area (Å²) in [6.07, 6.45) is 1.75. The standard InChI is InChI=1S/C14H20FNO4S/c1-2-14-10(5-6-20-14)8-16-21(18,19)12-3-4-13(15)11(7-12)9-17/h3-4,7,10,14,16-17H,2,5-6,8-9H2,1H3. The van der Waals surface area contributed by atoms with E-state index in [0.717, 1.165) is 25.0 Å². The predicted molar refractivity (Wildman–Crippen MR) is 75.6 cm³/mol. The summed E-state index contributed by atoms with van der Waals surface area (Å²) in [4.78, 5) is -0.0417. The molecule has 2 N–H and O–H groups in total. The quantitative estimate of drug-likeness (QED) is 0.832. The third-order valence-electron chi connectivity index (χ3n) is 3.78. The number of sulfonamides is 1. The minimum Gasteiger partial charge on any atom is -0.392 e. The first-order valence-electron chi connectivity index (χ1n) is 6.98. The van der Waals surface area contributed by atoms with Gasteiger partial charge in [0.25, 0.3) is 0 Å². The highest BCUT2D eigenvalue weighted by Crippen LogP contribution is 2.23. The number of ether oxygens (including phenoxy) is 1. The third kappa shape index (κ3) is 3.79. The molecule has 1 aliphatic heterocycles. The van der Waals surface area contributed by atoms with Gasteiger partial charge in [-0.05, 0) is 31.0 Å². The van der Waals surface area contributed by atoms with Crippen LogP contribution in [0.4, 0.5) is 4.39 Å². The Morgan fingerprint density at radius 2 is 2.24 bits per heavy atom. The van der Waals surface area contributed by atoms with E-state index < -0.39 is 22.4 Å². The molecule has 1 heterocycles. The molecule has 0 aliphatic carbocycles. The molecule has 1 fully saturated rings. The second-order valence-electron chi connectivity index (χ2n) is 5.13. The molecule has 0 bridgehead atoms. The first kappa shape index (κ1) is 16.4. The van der Waals surface area contributed by atoms with Crippen LogP contribution < -0.4 is 4.72 Å². The van der Waals surface area contributed by atoms with Crippen LogP contribution in [0.2, 0.25) is 0 Å². The van der Waals surface area contributed by atoms with E-state index >= 15 is 0 Å². The zero-order valence-corrected chi connectivity index (χ0v) is 12.7. The van der Waals surface area contributed by atoms with E-state index in [-0.39, 0.29) is 22.5 Å². The first-order valence-corrected chi connectivity index (χ1v) is 8.46. The number of benzene rings is 1. The van der Waals surface area contributed by atoms with Gasteiger partial charge in [0.15, 0.2) is 0 Å². The summed E-state index contributed by atoms with van der Waals surface area (Å²) in [7, 11) is -3.71. The summed E-state index contributed by atoms with van der Waals surface area (Å²) in [5.41, 5.74) is -0.0338. The van der Waals surface area contributed by atoms with Crippen molar-refractivity contribution in [3.8, 4) is 0 Å². The fourth-order valence-corrected chi connectivity index (χ4v) is 3.66. The third-order valence-corrected chi connectivity index (χ3v) is 5.20. The molecule has 1 saturated heterocycles. The Morgan fingerprint density at radius 1 is 1.48 bits per heavy atom. The Bertz CT molecular complexity index is 591. The second kappa shape index (κ2) is 6.83. The zero-order valence-electron chi connectivity index (χ0n) is 11.9. The molecule has 2 rings (SSSR count). The molecule has 21 heavy (non-hydrogen) atoms. The number of nitrogens with one attached hydrogen (secondary N) is 1. The van der Waals surface area contributed by atoms with Gasteiger partial charge in [-0.15, -0.1) is 0 Å². The topological polar surface area (TPSA) is 75.6 Å². The maximum atomic E-state index is 13.3. The Kier molecular flexibility index (Phi) is 5.32. The van der Waals surface area contributed by atoms with Gasteiger partial charge in [0.1, 0.15) is 5.82 Å². The Morgan fingerprint density at radius 3 is 2.90 bits per heavy atom. The van der Waals surface area contributed by atoms with Gasteiger partial charge >= 0.3 is 0 Å². The van der Waals surface area contributed by atoms with Crippen LogP contribution in [-0.2, 0) is 21.4 Å². The van der Waals surface area contributed by atoms with E-state index in [2.05, 4.69) is 4.72 Å². The lowest BCUT2D eigenvalue weighted by atomic mass is 10.0. The fraction of sp³-hybridized carbons (Fsp3) is 0.571. The van der Waals surface area contributed by atoms with Gasteiger partial charge in [-0.3, -0.25) is 0 Å². The molecule has 2 atom stereocenters. The molecule has 2 unspecified atom stereocenters. The molecule has 0 saturated carbocycles. The minimum absolute atomic E-state index is 0.0338. The smallest absolute Gasteiger partial charge is 0.240 e. The van der Waals surface area contributed by atoms with Gasteiger partial charge < -0.3 is 9.84 Å². The van der Waals surface area contributed by atoms with E-state index in [0.29, 0.717) is 13.2 Å². The van der Waals surface area contributed by atoms with Crippen molar-refractivity contribution in [2.45, 2.75) is 37.4 Å². The summed E-state index contributed by atoms with van der Waals surface area (Å²) >= 11 is 0. The number of halogens is 1. The fourth-order valence-electron chi connectivity index (χ4n) is 2.52. The molecular weight excluding hydrogens is 297 g/mol. The monoisotopic (exact) mass is 317 g/mol. The van der Waals surface area contributed by atoms with Crippen LogP contribution in [-0.4, -0.2) is 32.8 Å². The van der Waals surface area contributed by atoms with Gasteiger partial charge in [-0.2, -0.15) is 0 Å². The molecular formula is C14H20FNO4S. The number of hydrogen-bond donors (Lipinski definition) is 2. The lowest BCUT2D eigenvalue weighted by Gasteiger charge is -2.17. The van der Waals surface area contributed by atoms with E-state index in [1.54, 1.807) is 0 Å². The average Bonchev–Trinajstić information content (AvgIpc) is 2.93. The maximum absolute atomic E-state index is 13.3. The zero-order chi connectivity index (χ0) is 15.5. The number of rotatable bonds is 6. The summed E-state index contributed by atoms with van der Waals surface area (Å²) < 4.78 is 45.8.